The minimum Gasteiger partial charge on any atom is -0.379 e. The number of rotatable bonds is 8. The monoisotopic (exact) mass is 401 g/mol. The summed E-state index contributed by atoms with van der Waals surface area (Å²) in [6.07, 6.45) is 1.91. The Bertz CT molecular complexity index is 755. The standard InChI is InChI=1S/C21H31N5OS/c1-3-20-25-19(16-28-20)8-9-23-21(22-2)24-14-17-6-4-5-7-18(17)15-26-10-12-27-13-11-26/h4-7,16H,3,8-15H2,1-2H3,(H2,22,23,24). The Morgan fingerprint density at radius 1 is 1.21 bits per heavy atom. The van der Waals surface area contributed by atoms with Crippen LogP contribution in [-0.4, -0.2) is 55.7 Å². The summed E-state index contributed by atoms with van der Waals surface area (Å²) >= 11 is 1.74. The van der Waals surface area contributed by atoms with Crippen molar-refractivity contribution in [2.24, 2.45) is 4.99 Å². The maximum Gasteiger partial charge on any atom is 0.191 e. The zero-order valence-corrected chi connectivity index (χ0v) is 17.7. The third-order valence-electron chi connectivity index (χ3n) is 4.86. The van der Waals surface area contributed by atoms with Gasteiger partial charge >= 0.3 is 0 Å². The zero-order chi connectivity index (χ0) is 19.6. The lowest BCUT2D eigenvalue weighted by Gasteiger charge is -2.27. The summed E-state index contributed by atoms with van der Waals surface area (Å²) in [5, 5.41) is 10.2. The Morgan fingerprint density at radius 3 is 2.71 bits per heavy atom. The van der Waals surface area contributed by atoms with Crippen LogP contribution in [-0.2, 0) is 30.7 Å². The number of aromatic nitrogens is 1. The van der Waals surface area contributed by atoms with Gasteiger partial charge in [0, 0.05) is 51.6 Å². The molecule has 2 aromatic rings. The molecule has 1 aromatic carbocycles. The van der Waals surface area contributed by atoms with Crippen LogP contribution in [0.1, 0.15) is 28.8 Å². The topological polar surface area (TPSA) is 61.8 Å². The molecule has 152 valence electrons. The molecule has 1 aliphatic heterocycles. The summed E-state index contributed by atoms with van der Waals surface area (Å²) in [4.78, 5) is 11.4. The fraction of sp³-hybridized carbons (Fsp3) is 0.524. The average molecular weight is 402 g/mol. The van der Waals surface area contributed by atoms with Crippen LogP contribution >= 0.6 is 11.3 Å². The van der Waals surface area contributed by atoms with Crippen molar-refractivity contribution in [2.45, 2.75) is 32.9 Å². The molecule has 0 bridgehead atoms. The molecule has 0 saturated carbocycles. The minimum absolute atomic E-state index is 0.761. The molecule has 6 nitrogen and oxygen atoms in total. The van der Waals surface area contributed by atoms with Crippen molar-refractivity contribution >= 4 is 17.3 Å². The number of morpholine rings is 1. The summed E-state index contributed by atoms with van der Waals surface area (Å²) in [5.74, 6) is 0.826. The van der Waals surface area contributed by atoms with Crippen molar-refractivity contribution in [2.75, 3.05) is 39.9 Å². The predicted octanol–water partition coefficient (Wildman–Crippen LogP) is 2.45. The average Bonchev–Trinajstić information content (AvgIpc) is 3.20. The summed E-state index contributed by atoms with van der Waals surface area (Å²) in [6, 6.07) is 8.63. The van der Waals surface area contributed by atoms with Gasteiger partial charge in [0.2, 0.25) is 0 Å². The molecule has 1 aromatic heterocycles. The number of benzene rings is 1. The Morgan fingerprint density at radius 2 is 2.00 bits per heavy atom. The van der Waals surface area contributed by atoms with Gasteiger partial charge in [-0.1, -0.05) is 31.2 Å². The van der Waals surface area contributed by atoms with Crippen LogP contribution < -0.4 is 10.6 Å². The molecule has 1 aliphatic rings. The number of hydrogen-bond acceptors (Lipinski definition) is 5. The van der Waals surface area contributed by atoms with Gasteiger partial charge in [0.25, 0.3) is 0 Å². The maximum atomic E-state index is 5.46. The van der Waals surface area contributed by atoms with Crippen LogP contribution in [0.3, 0.4) is 0 Å². The van der Waals surface area contributed by atoms with Crippen molar-refractivity contribution in [1.82, 2.24) is 20.5 Å². The highest BCUT2D eigenvalue weighted by Crippen LogP contribution is 2.13. The number of hydrogen-bond donors (Lipinski definition) is 2. The highest BCUT2D eigenvalue weighted by Gasteiger charge is 2.12. The van der Waals surface area contributed by atoms with Gasteiger partial charge in [-0.3, -0.25) is 9.89 Å². The fourth-order valence-electron chi connectivity index (χ4n) is 3.22. The van der Waals surface area contributed by atoms with Crippen molar-refractivity contribution in [3.05, 3.63) is 51.5 Å². The predicted molar refractivity (Wildman–Crippen MR) is 116 cm³/mol. The molecular formula is C21H31N5OS. The van der Waals surface area contributed by atoms with E-state index in [2.05, 4.69) is 62.1 Å². The fourth-order valence-corrected chi connectivity index (χ4v) is 4.00. The molecule has 28 heavy (non-hydrogen) atoms. The van der Waals surface area contributed by atoms with Gasteiger partial charge in [-0.2, -0.15) is 0 Å². The molecule has 0 unspecified atom stereocenters. The highest BCUT2D eigenvalue weighted by molar-refractivity contribution is 7.09. The summed E-state index contributed by atoms with van der Waals surface area (Å²) in [6.45, 7) is 8.35. The van der Waals surface area contributed by atoms with Crippen molar-refractivity contribution in [1.29, 1.82) is 0 Å². The molecular weight excluding hydrogens is 370 g/mol. The number of thiazole rings is 1. The van der Waals surface area contributed by atoms with Crippen LogP contribution in [0.4, 0.5) is 0 Å². The van der Waals surface area contributed by atoms with Crippen molar-refractivity contribution in [3.8, 4) is 0 Å². The number of nitrogens with zero attached hydrogens (tertiary/aromatic N) is 3. The Hall–Kier alpha value is -1.96. The molecule has 2 heterocycles. The molecule has 0 spiro atoms. The van der Waals surface area contributed by atoms with E-state index in [1.807, 2.05) is 7.05 Å². The molecule has 0 amide bonds. The van der Waals surface area contributed by atoms with Crippen LogP contribution in [0.5, 0.6) is 0 Å². The molecule has 0 atom stereocenters. The smallest absolute Gasteiger partial charge is 0.191 e. The molecule has 0 aliphatic carbocycles. The van der Waals surface area contributed by atoms with Gasteiger partial charge in [0.05, 0.1) is 23.9 Å². The molecule has 3 rings (SSSR count). The third-order valence-corrected chi connectivity index (χ3v) is 5.90. The summed E-state index contributed by atoms with van der Waals surface area (Å²) in [7, 11) is 1.81. The van der Waals surface area contributed by atoms with Gasteiger partial charge in [0.15, 0.2) is 5.96 Å². The van der Waals surface area contributed by atoms with Gasteiger partial charge < -0.3 is 15.4 Å². The van der Waals surface area contributed by atoms with E-state index in [4.69, 9.17) is 4.74 Å². The largest absolute Gasteiger partial charge is 0.379 e. The normalized spacial score (nSPS) is 15.6. The van der Waals surface area contributed by atoms with E-state index in [1.165, 1.54) is 16.1 Å². The number of guanidine groups is 1. The molecule has 2 N–H and O–H groups in total. The lowest BCUT2D eigenvalue weighted by Crippen LogP contribution is -2.38. The lowest BCUT2D eigenvalue weighted by molar-refractivity contribution is 0.0341. The lowest BCUT2D eigenvalue weighted by atomic mass is 10.1. The van der Waals surface area contributed by atoms with Crippen LogP contribution in [0.15, 0.2) is 34.6 Å². The van der Waals surface area contributed by atoms with E-state index in [0.29, 0.717) is 0 Å². The molecule has 1 fully saturated rings. The van der Waals surface area contributed by atoms with E-state index < -0.39 is 0 Å². The summed E-state index contributed by atoms with van der Waals surface area (Å²) in [5.41, 5.74) is 3.83. The molecule has 0 radical (unpaired) electrons. The maximum absolute atomic E-state index is 5.46. The van der Waals surface area contributed by atoms with Crippen LogP contribution in [0, 0.1) is 0 Å². The van der Waals surface area contributed by atoms with E-state index >= 15 is 0 Å². The quantitative estimate of drug-likeness (QED) is 0.526. The van der Waals surface area contributed by atoms with Gasteiger partial charge in [0.1, 0.15) is 0 Å². The van der Waals surface area contributed by atoms with E-state index in [-0.39, 0.29) is 0 Å². The number of nitrogens with one attached hydrogen (secondary N) is 2. The van der Waals surface area contributed by atoms with Gasteiger partial charge in [-0.15, -0.1) is 11.3 Å². The second kappa shape index (κ2) is 11.1. The Kier molecular flexibility index (Phi) is 8.26. The molecule has 7 heteroatoms. The minimum atomic E-state index is 0.761. The molecule has 1 saturated heterocycles. The van der Waals surface area contributed by atoms with Crippen molar-refractivity contribution in [3.63, 3.8) is 0 Å². The van der Waals surface area contributed by atoms with E-state index in [0.717, 1.165) is 70.4 Å². The number of aliphatic imine (C=N–C) groups is 1. The first-order valence-corrected chi connectivity index (χ1v) is 10.9. The SMILES string of the molecule is CCc1nc(CCNC(=NC)NCc2ccccc2CN2CCOCC2)cs1. The third kappa shape index (κ3) is 6.29. The first-order chi connectivity index (χ1) is 13.8. The highest BCUT2D eigenvalue weighted by atomic mass is 32.1. The van der Waals surface area contributed by atoms with Crippen molar-refractivity contribution < 1.29 is 4.74 Å². The Balaban J connectivity index is 1.47. The number of aryl methyl sites for hydroxylation is 1. The first-order valence-electron chi connectivity index (χ1n) is 10.0. The van der Waals surface area contributed by atoms with Gasteiger partial charge in [-0.25, -0.2) is 4.98 Å². The second-order valence-corrected chi connectivity index (χ2v) is 7.79. The first kappa shape index (κ1) is 20.8. The van der Waals surface area contributed by atoms with E-state index in [9.17, 15) is 0 Å². The Labute approximate surface area is 172 Å². The van der Waals surface area contributed by atoms with Gasteiger partial charge in [-0.05, 0) is 17.5 Å². The van der Waals surface area contributed by atoms with E-state index in [1.54, 1.807) is 11.3 Å². The zero-order valence-electron chi connectivity index (χ0n) is 16.9. The van der Waals surface area contributed by atoms with Crippen LogP contribution in [0.2, 0.25) is 0 Å². The second-order valence-electron chi connectivity index (χ2n) is 6.85. The van der Waals surface area contributed by atoms with Crippen LogP contribution in [0.25, 0.3) is 0 Å². The number of ether oxygens (including phenoxy) is 1. The summed E-state index contributed by atoms with van der Waals surface area (Å²) < 4.78 is 5.46.